The number of hydrogen-bond acceptors (Lipinski definition) is 4. The zero-order valence-corrected chi connectivity index (χ0v) is 14.8. The van der Waals surface area contributed by atoms with Gasteiger partial charge >= 0.3 is 0 Å². The molecule has 2 N–H and O–H groups in total. The first kappa shape index (κ1) is 17.4. The molecule has 0 bridgehead atoms. The van der Waals surface area contributed by atoms with Crippen molar-refractivity contribution in [2.24, 2.45) is 5.73 Å². The highest BCUT2D eigenvalue weighted by Crippen LogP contribution is 2.17. The van der Waals surface area contributed by atoms with E-state index >= 15 is 0 Å². The van der Waals surface area contributed by atoms with E-state index in [1.807, 2.05) is 17.0 Å². The molecule has 0 radical (unpaired) electrons. The lowest BCUT2D eigenvalue weighted by Gasteiger charge is -2.35. The largest absolute Gasteiger partial charge is 0.373 e. The average molecular weight is 331 g/mol. The van der Waals surface area contributed by atoms with E-state index in [2.05, 4.69) is 30.9 Å². The fourth-order valence-electron chi connectivity index (χ4n) is 3.80. The summed E-state index contributed by atoms with van der Waals surface area (Å²) in [6.07, 6.45) is 2.56. The average Bonchev–Trinajstić information content (AvgIpc) is 2.54. The van der Waals surface area contributed by atoms with Crippen LogP contribution >= 0.6 is 0 Å². The molecule has 3 atom stereocenters. The molecule has 0 saturated carbocycles. The Balaban J connectivity index is 1.59. The summed E-state index contributed by atoms with van der Waals surface area (Å²) >= 11 is 0. The monoisotopic (exact) mass is 331 g/mol. The second kappa shape index (κ2) is 7.64. The highest BCUT2D eigenvalue weighted by Gasteiger charge is 2.23. The first-order valence-corrected chi connectivity index (χ1v) is 9.03. The molecule has 0 aromatic heterocycles. The molecule has 2 aliphatic rings. The van der Waals surface area contributed by atoms with E-state index in [4.69, 9.17) is 10.5 Å². The van der Waals surface area contributed by atoms with E-state index in [0.717, 1.165) is 44.6 Å². The Morgan fingerprint density at radius 1 is 1.17 bits per heavy atom. The molecule has 2 fully saturated rings. The normalized spacial score (nSPS) is 28.8. The second-order valence-corrected chi connectivity index (χ2v) is 7.30. The van der Waals surface area contributed by atoms with E-state index in [-0.39, 0.29) is 24.2 Å². The fraction of sp³-hybridized carbons (Fsp3) is 0.632. The van der Waals surface area contributed by atoms with Gasteiger partial charge in [-0.1, -0.05) is 12.1 Å². The van der Waals surface area contributed by atoms with Gasteiger partial charge in [-0.2, -0.15) is 0 Å². The Bertz CT molecular complexity index is 550. The zero-order chi connectivity index (χ0) is 17.1. The van der Waals surface area contributed by atoms with Crippen molar-refractivity contribution in [1.82, 2.24) is 9.80 Å². The summed E-state index contributed by atoms with van der Waals surface area (Å²) in [6, 6.07) is 8.16. The van der Waals surface area contributed by atoms with Gasteiger partial charge in [-0.05, 0) is 44.4 Å². The van der Waals surface area contributed by atoms with E-state index in [1.54, 1.807) is 0 Å². The number of morpholine rings is 1. The van der Waals surface area contributed by atoms with Crippen LogP contribution in [-0.4, -0.2) is 60.1 Å². The molecule has 2 heterocycles. The van der Waals surface area contributed by atoms with Crippen LogP contribution in [0.5, 0.6) is 0 Å². The molecule has 1 aromatic rings. The van der Waals surface area contributed by atoms with Crippen LogP contribution in [0.3, 0.4) is 0 Å². The molecule has 132 valence electrons. The first-order chi connectivity index (χ1) is 11.5. The van der Waals surface area contributed by atoms with Gasteiger partial charge in [0, 0.05) is 44.3 Å². The van der Waals surface area contributed by atoms with Gasteiger partial charge in [0.25, 0.3) is 5.91 Å². The summed E-state index contributed by atoms with van der Waals surface area (Å²) in [5, 5.41) is 0. The summed E-state index contributed by atoms with van der Waals surface area (Å²) in [6.45, 7) is 8.54. The second-order valence-electron chi connectivity index (χ2n) is 7.30. The minimum absolute atomic E-state index is 0.102. The van der Waals surface area contributed by atoms with Crippen molar-refractivity contribution in [1.29, 1.82) is 0 Å². The van der Waals surface area contributed by atoms with Crippen LogP contribution < -0.4 is 5.73 Å². The molecule has 2 saturated heterocycles. The third kappa shape index (κ3) is 4.35. The maximum atomic E-state index is 12.6. The van der Waals surface area contributed by atoms with Crippen LogP contribution in [0, 0.1) is 0 Å². The number of hydrogen-bond donors (Lipinski definition) is 1. The van der Waals surface area contributed by atoms with E-state index < -0.39 is 0 Å². The highest BCUT2D eigenvalue weighted by molar-refractivity contribution is 5.94. The number of rotatable bonds is 3. The Labute approximate surface area is 144 Å². The standard InChI is InChI=1S/C19H29N3O2/c1-14-10-21(11-15(2)24-14)12-16-5-7-17(8-6-16)19(23)22-9-3-4-18(20)13-22/h5-8,14-15,18H,3-4,9-13,20H2,1-2H3/t14-,15+,18-/m0/s1. The SMILES string of the molecule is C[C@@H]1CN(Cc2ccc(C(=O)N3CCC[C@H](N)C3)cc2)C[C@H](C)O1. The number of benzene rings is 1. The van der Waals surface area contributed by atoms with Crippen LogP contribution in [0.4, 0.5) is 0 Å². The lowest BCUT2D eigenvalue weighted by atomic mass is 10.0. The summed E-state index contributed by atoms with van der Waals surface area (Å²) < 4.78 is 5.78. The molecule has 0 aliphatic carbocycles. The van der Waals surface area contributed by atoms with E-state index in [1.165, 1.54) is 5.56 Å². The van der Waals surface area contributed by atoms with Crippen molar-refractivity contribution in [2.45, 2.75) is 51.5 Å². The van der Waals surface area contributed by atoms with Gasteiger partial charge in [0.15, 0.2) is 0 Å². The molecular formula is C19H29N3O2. The number of ether oxygens (including phenoxy) is 1. The molecular weight excluding hydrogens is 302 g/mol. The van der Waals surface area contributed by atoms with Crippen LogP contribution in [-0.2, 0) is 11.3 Å². The van der Waals surface area contributed by atoms with Crippen molar-refractivity contribution in [3.05, 3.63) is 35.4 Å². The number of nitrogens with zero attached hydrogens (tertiary/aromatic N) is 2. The van der Waals surface area contributed by atoms with E-state index in [9.17, 15) is 4.79 Å². The lowest BCUT2D eigenvalue weighted by molar-refractivity contribution is -0.0704. The van der Waals surface area contributed by atoms with Crippen molar-refractivity contribution >= 4 is 5.91 Å². The minimum Gasteiger partial charge on any atom is -0.373 e. The number of amides is 1. The molecule has 24 heavy (non-hydrogen) atoms. The predicted molar refractivity (Wildman–Crippen MR) is 94.8 cm³/mol. The highest BCUT2D eigenvalue weighted by atomic mass is 16.5. The number of nitrogens with two attached hydrogens (primary N) is 1. The molecule has 2 aliphatic heterocycles. The van der Waals surface area contributed by atoms with Crippen molar-refractivity contribution < 1.29 is 9.53 Å². The Morgan fingerprint density at radius 2 is 1.83 bits per heavy atom. The molecule has 5 heteroatoms. The Morgan fingerprint density at radius 3 is 2.46 bits per heavy atom. The predicted octanol–water partition coefficient (Wildman–Crippen LogP) is 1.86. The zero-order valence-electron chi connectivity index (χ0n) is 14.8. The smallest absolute Gasteiger partial charge is 0.253 e. The molecule has 3 rings (SSSR count). The maximum Gasteiger partial charge on any atom is 0.253 e. The quantitative estimate of drug-likeness (QED) is 0.918. The first-order valence-electron chi connectivity index (χ1n) is 9.03. The fourth-order valence-corrected chi connectivity index (χ4v) is 3.80. The minimum atomic E-state index is 0.102. The van der Waals surface area contributed by atoms with Crippen molar-refractivity contribution in [3.63, 3.8) is 0 Å². The third-order valence-electron chi connectivity index (χ3n) is 4.85. The van der Waals surface area contributed by atoms with Crippen LogP contribution in [0.1, 0.15) is 42.6 Å². The van der Waals surface area contributed by atoms with Gasteiger partial charge < -0.3 is 15.4 Å². The number of piperidine rings is 1. The van der Waals surface area contributed by atoms with Gasteiger partial charge in [-0.15, -0.1) is 0 Å². The van der Waals surface area contributed by atoms with Gasteiger partial charge in [0.2, 0.25) is 0 Å². The maximum absolute atomic E-state index is 12.6. The van der Waals surface area contributed by atoms with E-state index in [0.29, 0.717) is 6.54 Å². The lowest BCUT2D eigenvalue weighted by Crippen LogP contribution is -2.45. The van der Waals surface area contributed by atoms with Gasteiger partial charge in [0.05, 0.1) is 12.2 Å². The van der Waals surface area contributed by atoms with Gasteiger partial charge in [0.1, 0.15) is 0 Å². The van der Waals surface area contributed by atoms with Crippen LogP contribution in [0.25, 0.3) is 0 Å². The summed E-state index contributed by atoms with van der Waals surface area (Å²) in [7, 11) is 0. The van der Waals surface area contributed by atoms with Crippen LogP contribution in [0.2, 0.25) is 0 Å². The van der Waals surface area contributed by atoms with Crippen molar-refractivity contribution in [3.8, 4) is 0 Å². The summed E-state index contributed by atoms with van der Waals surface area (Å²) in [5.74, 6) is 0.102. The van der Waals surface area contributed by atoms with Gasteiger partial charge in [-0.25, -0.2) is 0 Å². The number of carbonyl (C=O) groups is 1. The summed E-state index contributed by atoms with van der Waals surface area (Å²) in [4.78, 5) is 16.9. The third-order valence-corrected chi connectivity index (χ3v) is 4.85. The van der Waals surface area contributed by atoms with Crippen LogP contribution in [0.15, 0.2) is 24.3 Å². The topological polar surface area (TPSA) is 58.8 Å². The number of likely N-dealkylation sites (tertiary alicyclic amines) is 1. The molecule has 1 amide bonds. The molecule has 0 spiro atoms. The Hall–Kier alpha value is -1.43. The van der Waals surface area contributed by atoms with Crippen molar-refractivity contribution in [2.75, 3.05) is 26.2 Å². The molecule has 1 aromatic carbocycles. The molecule has 5 nitrogen and oxygen atoms in total. The molecule has 0 unspecified atom stereocenters. The Kier molecular flexibility index (Phi) is 5.54. The van der Waals surface area contributed by atoms with Gasteiger partial charge in [-0.3, -0.25) is 9.69 Å². The number of carbonyl (C=O) groups excluding carboxylic acids is 1. The summed E-state index contributed by atoms with van der Waals surface area (Å²) in [5.41, 5.74) is 7.98.